The Kier molecular flexibility index (Phi) is 2.54. The van der Waals surface area contributed by atoms with Gasteiger partial charge in [-0.05, 0) is 23.6 Å². The fourth-order valence-corrected chi connectivity index (χ4v) is 1.51. The summed E-state index contributed by atoms with van der Waals surface area (Å²) in [6, 6.07) is 4.14. The molecule has 2 aromatic heterocycles. The van der Waals surface area contributed by atoms with Gasteiger partial charge in [0.1, 0.15) is 0 Å². The minimum atomic E-state index is 0.460. The van der Waals surface area contributed by atoms with Crippen molar-refractivity contribution in [1.82, 2.24) is 14.8 Å². The molecule has 0 fully saturated rings. The first kappa shape index (κ1) is 9.90. The van der Waals surface area contributed by atoms with Crippen LogP contribution in [0.25, 0.3) is 11.1 Å². The summed E-state index contributed by atoms with van der Waals surface area (Å²) >= 11 is 0. The molecular formula is C12H15N3. The Balaban J connectivity index is 2.41. The molecule has 78 valence electrons. The summed E-state index contributed by atoms with van der Waals surface area (Å²) < 4.78 is 1.81. The first-order valence-corrected chi connectivity index (χ1v) is 5.12. The van der Waals surface area contributed by atoms with Crippen LogP contribution >= 0.6 is 0 Å². The molecule has 2 heterocycles. The molecule has 3 nitrogen and oxygen atoms in total. The van der Waals surface area contributed by atoms with E-state index in [2.05, 4.69) is 30.0 Å². The van der Waals surface area contributed by atoms with Gasteiger partial charge in [0, 0.05) is 30.7 Å². The van der Waals surface area contributed by atoms with Gasteiger partial charge < -0.3 is 0 Å². The zero-order valence-electron chi connectivity index (χ0n) is 9.31. The Morgan fingerprint density at radius 3 is 2.67 bits per heavy atom. The Labute approximate surface area is 89.8 Å². The van der Waals surface area contributed by atoms with E-state index in [1.54, 1.807) is 0 Å². The van der Waals surface area contributed by atoms with Crippen molar-refractivity contribution >= 4 is 0 Å². The lowest BCUT2D eigenvalue weighted by molar-refractivity contribution is 0.768. The number of hydrogen-bond donors (Lipinski definition) is 0. The minimum Gasteiger partial charge on any atom is -0.275 e. The monoisotopic (exact) mass is 201 g/mol. The summed E-state index contributed by atoms with van der Waals surface area (Å²) in [4.78, 5) is 4.34. The third-order valence-electron chi connectivity index (χ3n) is 2.41. The van der Waals surface area contributed by atoms with E-state index < -0.39 is 0 Å². The molecule has 0 aliphatic heterocycles. The maximum absolute atomic E-state index is 4.34. The molecule has 0 bridgehead atoms. The number of pyridine rings is 1. The molecule has 3 heteroatoms. The van der Waals surface area contributed by atoms with Crippen LogP contribution in [0.15, 0.2) is 30.7 Å². The van der Waals surface area contributed by atoms with Gasteiger partial charge >= 0.3 is 0 Å². The average Bonchev–Trinajstić information content (AvgIpc) is 2.65. The second-order valence-corrected chi connectivity index (χ2v) is 4.03. The molecular weight excluding hydrogens is 186 g/mol. The maximum atomic E-state index is 4.34. The van der Waals surface area contributed by atoms with Crippen molar-refractivity contribution < 1.29 is 0 Å². The Hall–Kier alpha value is -1.64. The van der Waals surface area contributed by atoms with Crippen LogP contribution in [-0.2, 0) is 7.05 Å². The van der Waals surface area contributed by atoms with Crippen LogP contribution in [0.3, 0.4) is 0 Å². The third-order valence-corrected chi connectivity index (χ3v) is 2.41. The molecule has 2 aromatic rings. The fourth-order valence-electron chi connectivity index (χ4n) is 1.51. The van der Waals surface area contributed by atoms with Crippen LogP contribution in [0.4, 0.5) is 0 Å². The standard InChI is InChI=1S/C12H15N3/c1-9(2)12-6-10(4-5-13-12)11-7-14-15(3)8-11/h4-9H,1-3H3. The smallest absolute Gasteiger partial charge is 0.0568 e. The molecule has 2 rings (SSSR count). The van der Waals surface area contributed by atoms with E-state index in [0.717, 1.165) is 11.3 Å². The Morgan fingerprint density at radius 1 is 1.27 bits per heavy atom. The minimum absolute atomic E-state index is 0.460. The lowest BCUT2D eigenvalue weighted by Gasteiger charge is -2.05. The normalized spacial score (nSPS) is 10.9. The number of aryl methyl sites for hydroxylation is 1. The molecule has 0 aliphatic rings. The molecule has 0 unspecified atom stereocenters. The fraction of sp³-hybridized carbons (Fsp3) is 0.333. The molecule has 0 amide bonds. The van der Waals surface area contributed by atoms with Crippen molar-refractivity contribution in [2.75, 3.05) is 0 Å². The van der Waals surface area contributed by atoms with Gasteiger partial charge in [-0.1, -0.05) is 13.8 Å². The van der Waals surface area contributed by atoms with E-state index in [1.807, 2.05) is 36.4 Å². The average molecular weight is 201 g/mol. The van der Waals surface area contributed by atoms with Crippen LogP contribution in [-0.4, -0.2) is 14.8 Å². The van der Waals surface area contributed by atoms with Gasteiger partial charge in [-0.3, -0.25) is 9.67 Å². The van der Waals surface area contributed by atoms with E-state index in [1.165, 1.54) is 5.56 Å². The van der Waals surface area contributed by atoms with Crippen LogP contribution in [0, 0.1) is 0 Å². The molecule has 0 spiro atoms. The second-order valence-electron chi connectivity index (χ2n) is 4.03. The quantitative estimate of drug-likeness (QED) is 0.747. The van der Waals surface area contributed by atoms with E-state index in [0.29, 0.717) is 5.92 Å². The number of hydrogen-bond acceptors (Lipinski definition) is 2. The summed E-state index contributed by atoms with van der Waals surface area (Å²) in [5, 5.41) is 4.16. The van der Waals surface area contributed by atoms with Crippen molar-refractivity contribution in [1.29, 1.82) is 0 Å². The van der Waals surface area contributed by atoms with Crippen molar-refractivity contribution in [2.24, 2.45) is 7.05 Å². The number of nitrogens with zero attached hydrogens (tertiary/aromatic N) is 3. The zero-order valence-corrected chi connectivity index (χ0v) is 9.31. The lowest BCUT2D eigenvalue weighted by Crippen LogP contribution is -1.91. The van der Waals surface area contributed by atoms with E-state index in [9.17, 15) is 0 Å². The summed E-state index contributed by atoms with van der Waals surface area (Å²) in [7, 11) is 1.92. The van der Waals surface area contributed by atoms with Crippen LogP contribution < -0.4 is 0 Å². The summed E-state index contributed by atoms with van der Waals surface area (Å²) in [6.07, 6.45) is 5.75. The SMILES string of the molecule is CC(C)c1cc(-c2cnn(C)c2)ccn1. The van der Waals surface area contributed by atoms with Gasteiger partial charge in [-0.25, -0.2) is 0 Å². The molecule has 0 saturated heterocycles. The second kappa shape index (κ2) is 3.85. The summed E-state index contributed by atoms with van der Waals surface area (Å²) in [5.74, 6) is 0.460. The van der Waals surface area contributed by atoms with Gasteiger partial charge in [0.15, 0.2) is 0 Å². The van der Waals surface area contributed by atoms with Crippen LogP contribution in [0.5, 0.6) is 0 Å². The summed E-state index contributed by atoms with van der Waals surface area (Å²) in [5.41, 5.74) is 3.44. The largest absolute Gasteiger partial charge is 0.275 e. The van der Waals surface area contributed by atoms with Crippen molar-refractivity contribution in [3.05, 3.63) is 36.4 Å². The first-order chi connectivity index (χ1) is 7.16. The highest BCUT2D eigenvalue weighted by molar-refractivity contribution is 5.61. The summed E-state index contributed by atoms with van der Waals surface area (Å²) in [6.45, 7) is 4.30. The molecule has 0 aliphatic carbocycles. The van der Waals surface area contributed by atoms with Crippen LogP contribution in [0.1, 0.15) is 25.5 Å². The van der Waals surface area contributed by atoms with Gasteiger partial charge in [0.2, 0.25) is 0 Å². The highest BCUT2D eigenvalue weighted by Gasteiger charge is 2.04. The topological polar surface area (TPSA) is 30.7 Å². The molecule has 0 saturated carbocycles. The Bertz CT molecular complexity index is 457. The van der Waals surface area contributed by atoms with Gasteiger partial charge in [-0.15, -0.1) is 0 Å². The van der Waals surface area contributed by atoms with Gasteiger partial charge in [0.25, 0.3) is 0 Å². The maximum Gasteiger partial charge on any atom is 0.0568 e. The predicted octanol–water partition coefficient (Wildman–Crippen LogP) is 2.61. The molecule has 0 N–H and O–H groups in total. The van der Waals surface area contributed by atoms with E-state index in [-0.39, 0.29) is 0 Å². The highest BCUT2D eigenvalue weighted by Crippen LogP contribution is 2.21. The zero-order chi connectivity index (χ0) is 10.8. The van der Waals surface area contributed by atoms with Gasteiger partial charge in [0.05, 0.1) is 6.20 Å². The van der Waals surface area contributed by atoms with Gasteiger partial charge in [-0.2, -0.15) is 5.10 Å². The number of rotatable bonds is 2. The van der Waals surface area contributed by atoms with Crippen molar-refractivity contribution in [2.45, 2.75) is 19.8 Å². The highest BCUT2D eigenvalue weighted by atomic mass is 15.2. The molecule has 0 radical (unpaired) electrons. The van der Waals surface area contributed by atoms with E-state index >= 15 is 0 Å². The van der Waals surface area contributed by atoms with Crippen molar-refractivity contribution in [3.8, 4) is 11.1 Å². The lowest BCUT2D eigenvalue weighted by atomic mass is 10.1. The third kappa shape index (κ3) is 2.06. The predicted molar refractivity (Wildman–Crippen MR) is 60.5 cm³/mol. The molecule has 0 atom stereocenters. The number of aromatic nitrogens is 3. The molecule has 0 aromatic carbocycles. The molecule has 15 heavy (non-hydrogen) atoms. The first-order valence-electron chi connectivity index (χ1n) is 5.12. The van der Waals surface area contributed by atoms with Crippen LogP contribution in [0.2, 0.25) is 0 Å². The van der Waals surface area contributed by atoms with E-state index in [4.69, 9.17) is 0 Å². The Morgan fingerprint density at radius 2 is 2.07 bits per heavy atom. The van der Waals surface area contributed by atoms with Crippen molar-refractivity contribution in [3.63, 3.8) is 0 Å².